The molecule has 0 fully saturated rings. The van der Waals surface area contributed by atoms with E-state index in [0.29, 0.717) is 11.1 Å². The fourth-order valence-electron chi connectivity index (χ4n) is 1.99. The molecule has 2 aromatic carbocycles. The second-order valence-electron chi connectivity index (χ2n) is 4.66. The number of hydrogen-bond acceptors (Lipinski definition) is 3. The van der Waals surface area contributed by atoms with Crippen molar-refractivity contribution in [1.82, 2.24) is 5.32 Å². The van der Waals surface area contributed by atoms with Gasteiger partial charge in [-0.25, -0.2) is 0 Å². The quantitative estimate of drug-likeness (QED) is 0.936. The van der Waals surface area contributed by atoms with Crippen LogP contribution in [-0.4, -0.2) is 13.0 Å². The minimum absolute atomic E-state index is 0.130. The SMILES string of the molecule is COc1ccc(C(C)NC(=O)c2cccc(C#N)c2)cc1. The molecular formula is C17H16N2O2. The van der Waals surface area contributed by atoms with Gasteiger partial charge in [0.1, 0.15) is 5.75 Å². The first-order valence-corrected chi connectivity index (χ1v) is 6.59. The molecule has 1 N–H and O–H groups in total. The van der Waals surface area contributed by atoms with Crippen LogP contribution < -0.4 is 10.1 Å². The average Bonchev–Trinajstić information content (AvgIpc) is 2.54. The van der Waals surface area contributed by atoms with Crippen molar-refractivity contribution in [2.75, 3.05) is 7.11 Å². The van der Waals surface area contributed by atoms with Crippen LogP contribution in [0.2, 0.25) is 0 Å². The standard InChI is InChI=1S/C17H16N2O2/c1-12(14-6-8-16(21-2)9-7-14)19-17(20)15-5-3-4-13(10-15)11-18/h3-10,12H,1-2H3,(H,19,20). The zero-order chi connectivity index (χ0) is 15.2. The summed E-state index contributed by atoms with van der Waals surface area (Å²) in [5.74, 6) is 0.578. The zero-order valence-electron chi connectivity index (χ0n) is 12.0. The maximum atomic E-state index is 12.2. The Kier molecular flexibility index (Phi) is 4.57. The Morgan fingerprint density at radius 2 is 1.95 bits per heavy atom. The Labute approximate surface area is 124 Å². The number of nitrogens with zero attached hydrogens (tertiary/aromatic N) is 1. The molecule has 2 rings (SSSR count). The summed E-state index contributed by atoms with van der Waals surface area (Å²) in [5, 5.41) is 11.8. The molecule has 0 aliphatic rings. The molecular weight excluding hydrogens is 264 g/mol. The molecule has 4 heteroatoms. The van der Waals surface area contributed by atoms with Crippen molar-refractivity contribution >= 4 is 5.91 Å². The van der Waals surface area contributed by atoms with Crippen LogP contribution in [0.1, 0.15) is 34.5 Å². The topological polar surface area (TPSA) is 62.1 Å². The van der Waals surface area contributed by atoms with Crippen molar-refractivity contribution in [2.24, 2.45) is 0 Å². The van der Waals surface area contributed by atoms with Gasteiger partial charge in [0, 0.05) is 5.56 Å². The maximum Gasteiger partial charge on any atom is 0.251 e. The number of ether oxygens (including phenoxy) is 1. The van der Waals surface area contributed by atoms with Crippen molar-refractivity contribution in [3.05, 3.63) is 65.2 Å². The number of hydrogen-bond donors (Lipinski definition) is 1. The van der Waals surface area contributed by atoms with Gasteiger partial charge in [-0.3, -0.25) is 4.79 Å². The molecule has 0 radical (unpaired) electrons. The highest BCUT2D eigenvalue weighted by Crippen LogP contribution is 2.17. The second kappa shape index (κ2) is 6.58. The van der Waals surface area contributed by atoms with Crippen LogP contribution in [0.5, 0.6) is 5.75 Å². The van der Waals surface area contributed by atoms with Gasteiger partial charge >= 0.3 is 0 Å². The molecule has 1 amide bonds. The third-order valence-corrected chi connectivity index (χ3v) is 3.22. The summed E-state index contributed by atoms with van der Waals surface area (Å²) in [4.78, 5) is 12.2. The normalized spacial score (nSPS) is 11.3. The predicted octanol–water partition coefficient (Wildman–Crippen LogP) is 3.06. The van der Waals surface area contributed by atoms with Gasteiger partial charge in [0.15, 0.2) is 0 Å². The largest absolute Gasteiger partial charge is 0.497 e. The van der Waals surface area contributed by atoms with Crippen molar-refractivity contribution in [3.63, 3.8) is 0 Å². The van der Waals surface area contributed by atoms with Gasteiger partial charge in [0.25, 0.3) is 5.91 Å². The molecule has 4 nitrogen and oxygen atoms in total. The Hall–Kier alpha value is -2.80. The van der Waals surface area contributed by atoms with E-state index in [-0.39, 0.29) is 11.9 Å². The Morgan fingerprint density at radius 1 is 1.24 bits per heavy atom. The van der Waals surface area contributed by atoms with Gasteiger partial charge in [-0.2, -0.15) is 5.26 Å². The molecule has 2 aromatic rings. The summed E-state index contributed by atoms with van der Waals surface area (Å²) in [6.45, 7) is 1.91. The lowest BCUT2D eigenvalue weighted by atomic mass is 10.1. The van der Waals surface area contributed by atoms with Crippen molar-refractivity contribution in [1.29, 1.82) is 5.26 Å². The smallest absolute Gasteiger partial charge is 0.251 e. The number of rotatable bonds is 4. The van der Waals surface area contributed by atoms with Crippen LogP contribution in [0.15, 0.2) is 48.5 Å². The van der Waals surface area contributed by atoms with E-state index >= 15 is 0 Å². The Balaban J connectivity index is 2.09. The lowest BCUT2D eigenvalue weighted by molar-refractivity contribution is 0.0940. The maximum absolute atomic E-state index is 12.2. The average molecular weight is 280 g/mol. The van der Waals surface area contributed by atoms with Gasteiger partial charge in [-0.05, 0) is 42.8 Å². The first-order chi connectivity index (χ1) is 10.1. The van der Waals surface area contributed by atoms with E-state index in [1.165, 1.54) is 0 Å². The summed E-state index contributed by atoms with van der Waals surface area (Å²) < 4.78 is 5.11. The van der Waals surface area contributed by atoms with Gasteiger partial charge in [0.2, 0.25) is 0 Å². The van der Waals surface area contributed by atoms with Crippen molar-refractivity contribution in [3.8, 4) is 11.8 Å². The monoisotopic (exact) mass is 280 g/mol. The molecule has 1 atom stereocenters. The number of carbonyl (C=O) groups excluding carboxylic acids is 1. The number of nitrogens with one attached hydrogen (secondary N) is 1. The molecule has 106 valence electrons. The van der Waals surface area contributed by atoms with Crippen LogP contribution >= 0.6 is 0 Å². The number of nitriles is 1. The van der Waals surface area contributed by atoms with E-state index in [1.807, 2.05) is 37.3 Å². The molecule has 1 unspecified atom stereocenters. The number of benzene rings is 2. The summed E-state index contributed by atoms with van der Waals surface area (Å²) in [6.07, 6.45) is 0. The number of amides is 1. The molecule has 0 bridgehead atoms. The molecule has 0 spiro atoms. The third-order valence-electron chi connectivity index (χ3n) is 3.22. The zero-order valence-corrected chi connectivity index (χ0v) is 12.0. The van der Waals surface area contributed by atoms with E-state index in [1.54, 1.807) is 31.4 Å². The van der Waals surface area contributed by atoms with E-state index in [2.05, 4.69) is 5.32 Å². The van der Waals surface area contributed by atoms with E-state index in [4.69, 9.17) is 10.00 Å². The summed E-state index contributed by atoms with van der Waals surface area (Å²) >= 11 is 0. The summed E-state index contributed by atoms with van der Waals surface area (Å²) in [5.41, 5.74) is 1.94. The minimum Gasteiger partial charge on any atom is -0.497 e. The Bertz CT molecular complexity index is 672. The van der Waals surface area contributed by atoms with Gasteiger partial charge < -0.3 is 10.1 Å². The Morgan fingerprint density at radius 3 is 2.57 bits per heavy atom. The van der Waals surface area contributed by atoms with Crippen molar-refractivity contribution < 1.29 is 9.53 Å². The molecule has 0 aromatic heterocycles. The lowest BCUT2D eigenvalue weighted by Crippen LogP contribution is -2.26. The fourth-order valence-corrected chi connectivity index (χ4v) is 1.99. The first kappa shape index (κ1) is 14.6. The van der Waals surface area contributed by atoms with Gasteiger partial charge in [-0.15, -0.1) is 0 Å². The van der Waals surface area contributed by atoms with Crippen LogP contribution in [0.4, 0.5) is 0 Å². The molecule has 0 saturated heterocycles. The highest BCUT2D eigenvalue weighted by molar-refractivity contribution is 5.94. The lowest BCUT2D eigenvalue weighted by Gasteiger charge is -2.15. The molecule has 0 aliphatic heterocycles. The molecule has 0 saturated carbocycles. The second-order valence-corrected chi connectivity index (χ2v) is 4.66. The van der Waals surface area contributed by atoms with Crippen LogP contribution in [0, 0.1) is 11.3 Å². The van der Waals surface area contributed by atoms with E-state index in [9.17, 15) is 4.79 Å². The number of carbonyl (C=O) groups is 1. The van der Waals surface area contributed by atoms with E-state index < -0.39 is 0 Å². The van der Waals surface area contributed by atoms with Crippen LogP contribution in [0.25, 0.3) is 0 Å². The van der Waals surface area contributed by atoms with Gasteiger partial charge in [-0.1, -0.05) is 18.2 Å². The summed E-state index contributed by atoms with van der Waals surface area (Å²) in [6, 6.07) is 16.1. The molecule has 0 aliphatic carbocycles. The fraction of sp³-hybridized carbons (Fsp3) is 0.176. The predicted molar refractivity (Wildman–Crippen MR) is 80.0 cm³/mol. The number of methoxy groups -OCH3 is 1. The van der Waals surface area contributed by atoms with Crippen LogP contribution in [-0.2, 0) is 0 Å². The molecule has 21 heavy (non-hydrogen) atoms. The third kappa shape index (κ3) is 3.61. The van der Waals surface area contributed by atoms with Crippen molar-refractivity contribution in [2.45, 2.75) is 13.0 Å². The van der Waals surface area contributed by atoms with Crippen LogP contribution in [0.3, 0.4) is 0 Å². The highest BCUT2D eigenvalue weighted by atomic mass is 16.5. The van der Waals surface area contributed by atoms with E-state index in [0.717, 1.165) is 11.3 Å². The summed E-state index contributed by atoms with van der Waals surface area (Å²) in [7, 11) is 1.61. The minimum atomic E-state index is -0.199. The molecule has 0 heterocycles. The highest BCUT2D eigenvalue weighted by Gasteiger charge is 2.11. The van der Waals surface area contributed by atoms with Gasteiger partial charge in [0.05, 0.1) is 24.8 Å². The first-order valence-electron chi connectivity index (χ1n) is 6.59.